The van der Waals surface area contributed by atoms with Crippen LogP contribution >= 0.6 is 34.9 Å². The van der Waals surface area contributed by atoms with E-state index in [0.717, 1.165) is 27.7 Å². The average molecular weight is 440 g/mol. The number of anilines is 1. The Kier molecular flexibility index (Phi) is 6.28. The molecule has 2 aromatic carbocycles. The maximum absolute atomic E-state index is 12.5. The number of aromatic nitrogens is 4. The Balaban J connectivity index is 1.37. The molecule has 9 heteroatoms. The Morgan fingerprint density at radius 1 is 1.14 bits per heavy atom. The molecule has 2 heterocycles. The van der Waals surface area contributed by atoms with E-state index in [4.69, 9.17) is 0 Å². The lowest BCUT2D eigenvalue weighted by Crippen LogP contribution is -2.11. The van der Waals surface area contributed by atoms with E-state index in [1.54, 1.807) is 23.5 Å². The van der Waals surface area contributed by atoms with Crippen LogP contribution in [0, 0.1) is 0 Å². The van der Waals surface area contributed by atoms with Crippen LogP contribution in [0.2, 0.25) is 0 Å². The lowest BCUT2D eigenvalue weighted by atomic mass is 10.1. The lowest BCUT2D eigenvalue weighted by Gasteiger charge is -2.04. The number of benzene rings is 2. The minimum atomic E-state index is -0.168. The van der Waals surface area contributed by atoms with Gasteiger partial charge in [-0.25, -0.2) is 9.97 Å². The van der Waals surface area contributed by atoms with Crippen molar-refractivity contribution in [3.8, 4) is 11.3 Å². The Morgan fingerprint density at radius 3 is 2.62 bits per heavy atom. The third-order valence-electron chi connectivity index (χ3n) is 4.10. The number of nitrogens with one attached hydrogen (secondary N) is 2. The topological polar surface area (TPSA) is 83.6 Å². The number of hydrogen-bond acceptors (Lipinski definition) is 7. The highest BCUT2D eigenvalue weighted by Gasteiger charge is 2.10. The van der Waals surface area contributed by atoms with Gasteiger partial charge < -0.3 is 0 Å². The fraction of sp³-hybridized carbons (Fsp3) is 0.100. The van der Waals surface area contributed by atoms with E-state index >= 15 is 0 Å². The fourth-order valence-corrected chi connectivity index (χ4v) is 4.42. The zero-order valence-electron chi connectivity index (χ0n) is 15.5. The Morgan fingerprint density at radius 2 is 1.93 bits per heavy atom. The van der Waals surface area contributed by atoms with E-state index in [1.165, 1.54) is 22.6 Å². The van der Waals surface area contributed by atoms with Gasteiger partial charge in [-0.1, -0.05) is 36.0 Å². The number of nitrogens with zero attached hydrogens (tertiary/aromatic N) is 3. The maximum atomic E-state index is 12.5. The third kappa shape index (κ3) is 5.06. The lowest BCUT2D eigenvalue weighted by molar-refractivity contribution is 0.102. The molecule has 0 fully saturated rings. The standard InChI is InChI=1S/C20H17N5OS3/c1-27-16-8-6-14(7-9-16)17-11-29-20(23-17)24-18(26)15-4-2-13(3-5-15)10-28-19-21-12-22-25-19/h2-9,11-12H,10H2,1H3,(H,21,22,25)(H,23,24,26). The molecule has 29 heavy (non-hydrogen) atoms. The van der Waals surface area contributed by atoms with Gasteiger partial charge in [-0.05, 0) is 36.1 Å². The molecule has 2 aromatic heterocycles. The average Bonchev–Trinajstić information content (AvgIpc) is 3.45. The molecule has 0 spiro atoms. The van der Waals surface area contributed by atoms with Crippen LogP contribution in [-0.4, -0.2) is 32.3 Å². The molecule has 4 aromatic rings. The van der Waals surface area contributed by atoms with Crippen LogP contribution in [0.25, 0.3) is 11.3 Å². The highest BCUT2D eigenvalue weighted by Crippen LogP contribution is 2.27. The zero-order valence-corrected chi connectivity index (χ0v) is 17.9. The van der Waals surface area contributed by atoms with Crippen molar-refractivity contribution in [1.82, 2.24) is 20.2 Å². The van der Waals surface area contributed by atoms with E-state index in [1.807, 2.05) is 48.0 Å². The predicted octanol–water partition coefficient (Wildman–Crippen LogP) is 5.19. The molecule has 0 bridgehead atoms. The zero-order chi connectivity index (χ0) is 20.1. The molecule has 0 saturated carbocycles. The summed E-state index contributed by atoms with van der Waals surface area (Å²) in [6.07, 6.45) is 3.53. The Hall–Kier alpha value is -2.62. The van der Waals surface area contributed by atoms with Gasteiger partial charge in [0.15, 0.2) is 10.3 Å². The van der Waals surface area contributed by atoms with Crippen LogP contribution in [0.1, 0.15) is 15.9 Å². The molecule has 4 rings (SSSR count). The summed E-state index contributed by atoms with van der Waals surface area (Å²) in [5.74, 6) is 0.584. The minimum Gasteiger partial charge on any atom is -0.298 e. The molecule has 1 amide bonds. The van der Waals surface area contributed by atoms with Crippen LogP contribution in [-0.2, 0) is 5.75 Å². The summed E-state index contributed by atoms with van der Waals surface area (Å²) in [7, 11) is 0. The number of H-pyrrole nitrogens is 1. The van der Waals surface area contributed by atoms with E-state index in [0.29, 0.717) is 10.7 Å². The summed E-state index contributed by atoms with van der Waals surface area (Å²) < 4.78 is 0. The quantitative estimate of drug-likeness (QED) is 0.385. The first-order valence-electron chi connectivity index (χ1n) is 8.69. The fourth-order valence-electron chi connectivity index (χ4n) is 2.56. The van der Waals surface area contributed by atoms with Crippen LogP contribution in [0.15, 0.2) is 70.3 Å². The first-order valence-corrected chi connectivity index (χ1v) is 11.8. The van der Waals surface area contributed by atoms with Gasteiger partial charge in [0.2, 0.25) is 0 Å². The summed E-state index contributed by atoms with van der Waals surface area (Å²) in [4.78, 5) is 22.4. The van der Waals surface area contributed by atoms with E-state index in [2.05, 4.69) is 37.6 Å². The van der Waals surface area contributed by atoms with E-state index in [-0.39, 0.29) is 5.91 Å². The molecule has 0 aliphatic rings. The molecule has 0 aliphatic carbocycles. The second kappa shape index (κ2) is 9.25. The number of thiazole rings is 1. The highest BCUT2D eigenvalue weighted by molar-refractivity contribution is 7.98. The Bertz CT molecular complexity index is 1080. The molecular weight excluding hydrogens is 422 g/mol. The molecule has 0 unspecified atom stereocenters. The molecule has 6 nitrogen and oxygen atoms in total. The van der Waals surface area contributed by atoms with Gasteiger partial charge in [-0.3, -0.25) is 15.2 Å². The molecule has 0 aliphatic heterocycles. The number of aromatic amines is 1. The van der Waals surface area contributed by atoms with Crippen LogP contribution in [0.3, 0.4) is 0 Å². The van der Waals surface area contributed by atoms with Gasteiger partial charge >= 0.3 is 0 Å². The number of rotatable bonds is 7. The van der Waals surface area contributed by atoms with Gasteiger partial charge in [0.25, 0.3) is 5.91 Å². The van der Waals surface area contributed by atoms with Crippen LogP contribution < -0.4 is 5.32 Å². The van der Waals surface area contributed by atoms with Crippen molar-refractivity contribution < 1.29 is 4.79 Å². The molecule has 0 atom stereocenters. The smallest absolute Gasteiger partial charge is 0.257 e. The van der Waals surface area contributed by atoms with Crippen molar-refractivity contribution >= 4 is 45.9 Å². The number of hydrogen-bond donors (Lipinski definition) is 2. The summed E-state index contributed by atoms with van der Waals surface area (Å²) >= 11 is 4.68. The summed E-state index contributed by atoms with van der Waals surface area (Å²) in [5, 5.41) is 12.8. The third-order valence-corrected chi connectivity index (χ3v) is 6.54. The van der Waals surface area contributed by atoms with Gasteiger partial charge in [-0.15, -0.1) is 23.1 Å². The first-order chi connectivity index (χ1) is 14.2. The van der Waals surface area contributed by atoms with Crippen molar-refractivity contribution in [2.75, 3.05) is 11.6 Å². The van der Waals surface area contributed by atoms with Crippen molar-refractivity contribution in [2.24, 2.45) is 0 Å². The van der Waals surface area contributed by atoms with Crippen molar-refractivity contribution in [2.45, 2.75) is 15.8 Å². The van der Waals surface area contributed by atoms with Crippen LogP contribution in [0.4, 0.5) is 5.13 Å². The predicted molar refractivity (Wildman–Crippen MR) is 120 cm³/mol. The summed E-state index contributed by atoms with van der Waals surface area (Å²) in [6, 6.07) is 15.8. The summed E-state index contributed by atoms with van der Waals surface area (Å²) in [5.41, 5.74) is 3.60. The van der Waals surface area contributed by atoms with Crippen LogP contribution in [0.5, 0.6) is 0 Å². The van der Waals surface area contributed by atoms with E-state index < -0.39 is 0 Å². The monoisotopic (exact) mass is 439 g/mol. The van der Waals surface area contributed by atoms with E-state index in [9.17, 15) is 4.79 Å². The number of amides is 1. The normalized spacial score (nSPS) is 10.8. The van der Waals surface area contributed by atoms with Crippen molar-refractivity contribution in [1.29, 1.82) is 0 Å². The van der Waals surface area contributed by atoms with Crippen molar-refractivity contribution in [3.63, 3.8) is 0 Å². The summed E-state index contributed by atoms with van der Waals surface area (Å²) in [6.45, 7) is 0. The number of carbonyl (C=O) groups excluding carboxylic acids is 1. The number of carbonyl (C=O) groups is 1. The molecule has 0 saturated heterocycles. The molecular formula is C20H17N5OS3. The molecule has 0 radical (unpaired) electrons. The molecule has 2 N–H and O–H groups in total. The second-order valence-electron chi connectivity index (χ2n) is 6.00. The number of thioether (sulfide) groups is 2. The Labute approximate surface area is 180 Å². The van der Waals surface area contributed by atoms with Crippen molar-refractivity contribution in [3.05, 3.63) is 71.4 Å². The highest BCUT2D eigenvalue weighted by atomic mass is 32.2. The largest absolute Gasteiger partial charge is 0.298 e. The van der Waals surface area contributed by atoms with Gasteiger partial charge in [0.1, 0.15) is 6.33 Å². The second-order valence-corrected chi connectivity index (χ2v) is 8.70. The first kappa shape index (κ1) is 19.7. The SMILES string of the molecule is CSc1ccc(-c2csc(NC(=O)c3ccc(CSc4ncn[nH]4)cc3)n2)cc1. The molecule has 146 valence electrons. The van der Waals surface area contributed by atoms with Gasteiger partial charge in [0.05, 0.1) is 5.69 Å². The van der Waals surface area contributed by atoms with Gasteiger partial charge in [0, 0.05) is 27.2 Å². The minimum absolute atomic E-state index is 0.168. The van der Waals surface area contributed by atoms with Gasteiger partial charge in [-0.2, -0.15) is 5.10 Å². The maximum Gasteiger partial charge on any atom is 0.257 e.